The van der Waals surface area contributed by atoms with Gasteiger partial charge in [0.2, 0.25) is 5.75 Å². The van der Waals surface area contributed by atoms with E-state index in [9.17, 15) is 10.1 Å². The van der Waals surface area contributed by atoms with E-state index in [-0.39, 0.29) is 18.2 Å². The molecule has 0 radical (unpaired) electrons. The minimum absolute atomic E-state index is 0.0948. The van der Waals surface area contributed by atoms with Crippen LogP contribution in [0.1, 0.15) is 18.5 Å². The highest BCUT2D eigenvalue weighted by molar-refractivity contribution is 5.40. The third-order valence-corrected chi connectivity index (χ3v) is 1.96. The molecule has 1 aromatic rings. The number of ether oxygens (including phenoxy) is 1. The molecule has 0 aliphatic rings. The summed E-state index contributed by atoms with van der Waals surface area (Å²) >= 11 is 0. The van der Waals surface area contributed by atoms with Gasteiger partial charge in [-0.05, 0) is 34.9 Å². The van der Waals surface area contributed by atoms with Crippen molar-refractivity contribution in [3.05, 3.63) is 27.9 Å². The zero-order chi connectivity index (χ0) is 12.0. The number of nitro groups is 1. The number of aliphatic hydroxyl groups is 1. The molecule has 6 nitrogen and oxygen atoms in total. The molecule has 0 aliphatic carbocycles. The van der Waals surface area contributed by atoms with Gasteiger partial charge < -0.3 is 20.0 Å². The zero-order valence-corrected chi connectivity index (χ0v) is 9.05. The largest absolute Gasteiger partial charge is 0.486 e. The van der Waals surface area contributed by atoms with Gasteiger partial charge in [0.25, 0.3) is 0 Å². The molecule has 0 aromatic carbocycles. The van der Waals surface area contributed by atoms with E-state index >= 15 is 0 Å². The molecule has 1 heterocycles. The van der Waals surface area contributed by atoms with E-state index in [1.54, 1.807) is 19.1 Å². The van der Waals surface area contributed by atoms with Crippen molar-refractivity contribution in [2.75, 3.05) is 13.2 Å². The summed E-state index contributed by atoms with van der Waals surface area (Å²) in [4.78, 5) is 13.9. The quantitative estimate of drug-likeness (QED) is 0.450. The van der Waals surface area contributed by atoms with Crippen molar-refractivity contribution in [2.45, 2.75) is 19.8 Å². The smallest absolute Gasteiger partial charge is 0.406 e. The number of hydrogen-bond donors (Lipinski definition) is 1. The molecule has 16 heavy (non-hydrogen) atoms. The Labute approximate surface area is 93.0 Å². The first-order valence-corrected chi connectivity index (χ1v) is 5.01. The van der Waals surface area contributed by atoms with Gasteiger partial charge in [0.15, 0.2) is 0 Å². The maximum Gasteiger partial charge on any atom is 0.406 e. The van der Waals surface area contributed by atoms with Crippen LogP contribution in [0.2, 0.25) is 0 Å². The third-order valence-electron chi connectivity index (χ3n) is 1.96. The molecule has 0 aliphatic heterocycles. The van der Waals surface area contributed by atoms with Crippen molar-refractivity contribution in [1.82, 2.24) is 4.98 Å². The van der Waals surface area contributed by atoms with E-state index < -0.39 is 4.92 Å². The van der Waals surface area contributed by atoms with Crippen LogP contribution in [-0.4, -0.2) is 28.2 Å². The first-order valence-electron chi connectivity index (χ1n) is 5.01. The van der Waals surface area contributed by atoms with Crippen LogP contribution in [0.5, 0.6) is 5.75 Å². The maximum absolute atomic E-state index is 10.7. The lowest BCUT2D eigenvalue weighted by molar-refractivity contribution is -0.390. The van der Waals surface area contributed by atoms with Gasteiger partial charge in [-0.15, -0.1) is 0 Å². The fourth-order valence-corrected chi connectivity index (χ4v) is 1.17. The topological polar surface area (TPSA) is 85.5 Å². The minimum atomic E-state index is -0.561. The van der Waals surface area contributed by atoms with Crippen LogP contribution in [0.4, 0.5) is 5.82 Å². The Balaban J connectivity index is 2.67. The van der Waals surface area contributed by atoms with Gasteiger partial charge >= 0.3 is 5.82 Å². The molecule has 1 aromatic heterocycles. The van der Waals surface area contributed by atoms with Crippen LogP contribution < -0.4 is 4.74 Å². The Hall–Kier alpha value is -1.69. The summed E-state index contributed by atoms with van der Waals surface area (Å²) in [5.41, 5.74) is 0.578. The second kappa shape index (κ2) is 6.02. The molecule has 6 heteroatoms. The van der Waals surface area contributed by atoms with E-state index in [0.717, 1.165) is 0 Å². The number of unbranched alkanes of at least 4 members (excludes halogenated alkanes) is 1. The molecule has 0 saturated carbocycles. The lowest BCUT2D eigenvalue weighted by atomic mass is 10.3. The number of rotatable bonds is 6. The van der Waals surface area contributed by atoms with Gasteiger partial charge in [-0.3, -0.25) is 0 Å². The summed E-state index contributed by atoms with van der Waals surface area (Å²) < 4.78 is 5.24. The number of aromatic nitrogens is 1. The van der Waals surface area contributed by atoms with Crippen molar-refractivity contribution in [3.8, 4) is 5.75 Å². The second-order valence-corrected chi connectivity index (χ2v) is 3.31. The van der Waals surface area contributed by atoms with Gasteiger partial charge in [-0.25, -0.2) is 0 Å². The fourth-order valence-electron chi connectivity index (χ4n) is 1.17. The highest BCUT2D eigenvalue weighted by atomic mass is 16.6. The summed E-state index contributed by atoms with van der Waals surface area (Å²) in [5.74, 6) is -0.0856. The van der Waals surface area contributed by atoms with E-state index in [0.29, 0.717) is 25.1 Å². The van der Waals surface area contributed by atoms with Crippen molar-refractivity contribution in [3.63, 3.8) is 0 Å². The van der Waals surface area contributed by atoms with Gasteiger partial charge in [-0.2, -0.15) is 0 Å². The summed E-state index contributed by atoms with van der Waals surface area (Å²) in [7, 11) is 0. The second-order valence-electron chi connectivity index (χ2n) is 3.31. The molecule has 0 unspecified atom stereocenters. The average molecular weight is 226 g/mol. The molecule has 1 rings (SSSR count). The highest BCUT2D eigenvalue weighted by Gasteiger charge is 2.17. The zero-order valence-electron chi connectivity index (χ0n) is 9.05. The number of pyridine rings is 1. The Morgan fingerprint density at radius 1 is 1.50 bits per heavy atom. The lowest BCUT2D eigenvalue weighted by Crippen LogP contribution is -2.03. The molecule has 0 bridgehead atoms. The van der Waals surface area contributed by atoms with Crippen molar-refractivity contribution >= 4 is 5.82 Å². The minimum Gasteiger partial charge on any atom is -0.486 e. The van der Waals surface area contributed by atoms with Crippen molar-refractivity contribution < 1.29 is 14.8 Å². The summed E-state index contributed by atoms with van der Waals surface area (Å²) in [6.07, 6.45) is 1.27. The van der Waals surface area contributed by atoms with Crippen LogP contribution in [0.3, 0.4) is 0 Å². The van der Waals surface area contributed by atoms with E-state index in [1.165, 1.54) is 0 Å². The fraction of sp³-hybridized carbons (Fsp3) is 0.500. The molecule has 0 fully saturated rings. The maximum atomic E-state index is 10.7. The molecule has 88 valence electrons. The van der Waals surface area contributed by atoms with Gasteiger partial charge in [0.1, 0.15) is 5.69 Å². The van der Waals surface area contributed by atoms with Gasteiger partial charge in [0.05, 0.1) is 6.61 Å². The molecule has 0 amide bonds. The molecule has 0 atom stereocenters. The van der Waals surface area contributed by atoms with Crippen LogP contribution in [0, 0.1) is 17.0 Å². The van der Waals surface area contributed by atoms with E-state index in [4.69, 9.17) is 9.84 Å². The summed E-state index contributed by atoms with van der Waals surface area (Å²) in [6.45, 7) is 2.12. The molecular formula is C10H14N2O4. The number of aliphatic hydroxyl groups excluding tert-OH is 1. The normalized spacial score (nSPS) is 10.1. The highest BCUT2D eigenvalue weighted by Crippen LogP contribution is 2.24. The predicted octanol–water partition coefficient (Wildman–Crippen LogP) is 1.45. The summed E-state index contributed by atoms with van der Waals surface area (Å²) in [6, 6.07) is 3.20. The first-order chi connectivity index (χ1) is 7.65. The summed E-state index contributed by atoms with van der Waals surface area (Å²) in [5, 5.41) is 19.3. The predicted molar refractivity (Wildman–Crippen MR) is 57.4 cm³/mol. The molecule has 0 spiro atoms. The number of aryl methyl sites for hydroxylation is 1. The van der Waals surface area contributed by atoms with Crippen molar-refractivity contribution in [2.24, 2.45) is 0 Å². The number of nitrogens with zero attached hydrogens (tertiary/aromatic N) is 2. The van der Waals surface area contributed by atoms with Gasteiger partial charge in [-0.1, -0.05) is 0 Å². The molecule has 1 N–H and O–H groups in total. The molecule has 0 saturated heterocycles. The Morgan fingerprint density at radius 3 is 2.88 bits per heavy atom. The number of hydrogen-bond acceptors (Lipinski definition) is 5. The lowest BCUT2D eigenvalue weighted by Gasteiger charge is -2.05. The standard InChI is InChI=1S/C10H14N2O4/c1-8-4-5-9(10(11-8)12(14)15)16-7-3-2-6-13/h4-5,13H,2-3,6-7H2,1H3. The third kappa shape index (κ3) is 3.47. The Morgan fingerprint density at radius 2 is 2.25 bits per heavy atom. The van der Waals surface area contributed by atoms with Crippen molar-refractivity contribution in [1.29, 1.82) is 0 Å². The monoisotopic (exact) mass is 226 g/mol. The van der Waals surface area contributed by atoms with Crippen LogP contribution in [0.25, 0.3) is 0 Å². The van der Waals surface area contributed by atoms with E-state index in [1.807, 2.05) is 0 Å². The molecular weight excluding hydrogens is 212 g/mol. The Kier molecular flexibility index (Phi) is 4.65. The van der Waals surface area contributed by atoms with Crippen LogP contribution in [0.15, 0.2) is 12.1 Å². The van der Waals surface area contributed by atoms with Crippen LogP contribution in [-0.2, 0) is 0 Å². The SMILES string of the molecule is Cc1ccc(OCCCCO)c([N+](=O)[O-])n1. The van der Waals surface area contributed by atoms with E-state index in [2.05, 4.69) is 4.98 Å². The first kappa shape index (κ1) is 12.4. The average Bonchev–Trinajstić information content (AvgIpc) is 2.26. The van der Waals surface area contributed by atoms with Gasteiger partial charge in [0, 0.05) is 13.5 Å². The van der Waals surface area contributed by atoms with Crippen LogP contribution >= 0.6 is 0 Å². The Bertz CT molecular complexity index is 368.